The van der Waals surface area contributed by atoms with Crippen LogP contribution in [0, 0.1) is 13.8 Å². The fraction of sp³-hybridized carbons (Fsp3) is 0.400. The second kappa shape index (κ2) is 5.64. The number of aromatic nitrogens is 1. The van der Waals surface area contributed by atoms with Crippen LogP contribution >= 0.6 is 11.3 Å². The van der Waals surface area contributed by atoms with Crippen molar-refractivity contribution >= 4 is 26.9 Å². The Labute approximate surface area is 134 Å². The minimum atomic E-state index is -3.55. The number of hydrogen-bond donors (Lipinski definition) is 0. The van der Waals surface area contributed by atoms with Crippen LogP contribution in [0.2, 0.25) is 0 Å². The molecule has 1 aliphatic heterocycles. The average molecular weight is 338 g/mol. The molecule has 3 heterocycles. The van der Waals surface area contributed by atoms with Gasteiger partial charge in [0.15, 0.2) is 0 Å². The summed E-state index contributed by atoms with van der Waals surface area (Å²) in [5.41, 5.74) is 2.90. The molecule has 0 amide bonds. The van der Waals surface area contributed by atoms with Gasteiger partial charge < -0.3 is 4.42 Å². The van der Waals surface area contributed by atoms with E-state index in [1.54, 1.807) is 6.26 Å². The number of rotatable bonds is 3. The predicted octanol–water partition coefficient (Wildman–Crippen LogP) is 3.22. The van der Waals surface area contributed by atoms with Crippen LogP contribution in [0.25, 0.3) is 5.57 Å². The van der Waals surface area contributed by atoms with Gasteiger partial charge in [0.1, 0.15) is 5.76 Å². The zero-order valence-electron chi connectivity index (χ0n) is 12.8. The van der Waals surface area contributed by atoms with Crippen molar-refractivity contribution in [1.82, 2.24) is 9.29 Å². The van der Waals surface area contributed by atoms with E-state index >= 15 is 0 Å². The molecule has 0 atom stereocenters. The van der Waals surface area contributed by atoms with Crippen molar-refractivity contribution in [2.75, 3.05) is 13.1 Å². The van der Waals surface area contributed by atoms with E-state index in [4.69, 9.17) is 4.42 Å². The highest BCUT2D eigenvalue weighted by atomic mass is 32.2. The minimum Gasteiger partial charge on any atom is -0.465 e. The van der Waals surface area contributed by atoms with Crippen LogP contribution in [0.5, 0.6) is 0 Å². The summed E-state index contributed by atoms with van der Waals surface area (Å²) in [5.74, 6) is 0.740. The zero-order chi connectivity index (χ0) is 15.9. The van der Waals surface area contributed by atoms with Crippen molar-refractivity contribution in [1.29, 1.82) is 0 Å². The molecular formula is C15H18N2O3S2. The average Bonchev–Trinajstić information content (AvgIpc) is 3.10. The highest BCUT2D eigenvalue weighted by Crippen LogP contribution is 2.31. The van der Waals surface area contributed by atoms with E-state index in [-0.39, 0.29) is 4.34 Å². The van der Waals surface area contributed by atoms with Crippen molar-refractivity contribution in [3.05, 3.63) is 40.3 Å². The molecule has 0 fully saturated rings. The molecule has 0 saturated carbocycles. The molecule has 3 rings (SSSR count). The predicted molar refractivity (Wildman–Crippen MR) is 86.3 cm³/mol. The molecular weight excluding hydrogens is 320 g/mol. The van der Waals surface area contributed by atoms with Gasteiger partial charge in [-0.2, -0.15) is 4.31 Å². The smallest absolute Gasteiger partial charge is 0.270 e. The molecule has 118 valence electrons. The van der Waals surface area contributed by atoms with Crippen LogP contribution in [-0.4, -0.2) is 30.8 Å². The van der Waals surface area contributed by atoms with Crippen molar-refractivity contribution in [2.24, 2.45) is 0 Å². The lowest BCUT2D eigenvalue weighted by Crippen LogP contribution is -2.36. The standard InChI is InChI=1S/C15H18N2O3S2/c1-10-6-7-17(9-13(10)14-5-4-8-20-14)22(18,19)15-16-11(2)12(3)21-15/h4-5,8H,6-7,9H2,1-3H3. The summed E-state index contributed by atoms with van der Waals surface area (Å²) in [5, 5.41) is 0. The summed E-state index contributed by atoms with van der Waals surface area (Å²) in [6, 6.07) is 3.68. The Bertz CT molecular complexity index is 798. The Hall–Kier alpha value is -1.44. The number of aryl methyl sites for hydroxylation is 2. The third-order valence-corrected chi connectivity index (χ3v) is 7.25. The first-order valence-electron chi connectivity index (χ1n) is 7.06. The summed E-state index contributed by atoms with van der Waals surface area (Å²) in [6.07, 6.45) is 2.31. The quantitative estimate of drug-likeness (QED) is 0.862. The van der Waals surface area contributed by atoms with Crippen LogP contribution in [0.3, 0.4) is 0 Å². The maximum atomic E-state index is 12.8. The Morgan fingerprint density at radius 2 is 2.09 bits per heavy atom. The maximum absolute atomic E-state index is 12.8. The van der Waals surface area contributed by atoms with Gasteiger partial charge in [0, 0.05) is 23.5 Å². The highest BCUT2D eigenvalue weighted by Gasteiger charge is 2.32. The van der Waals surface area contributed by atoms with Gasteiger partial charge in [-0.05, 0) is 39.3 Å². The fourth-order valence-electron chi connectivity index (χ4n) is 2.44. The summed E-state index contributed by atoms with van der Waals surface area (Å²) in [4.78, 5) is 5.15. The number of furan rings is 1. The van der Waals surface area contributed by atoms with Gasteiger partial charge in [0.25, 0.3) is 10.0 Å². The molecule has 0 N–H and O–H groups in total. The number of nitrogens with zero attached hydrogens (tertiary/aromatic N) is 2. The molecule has 2 aromatic heterocycles. The van der Waals surface area contributed by atoms with Gasteiger partial charge >= 0.3 is 0 Å². The Morgan fingerprint density at radius 3 is 2.68 bits per heavy atom. The molecule has 0 saturated heterocycles. The first kappa shape index (κ1) is 15.5. The number of thiazole rings is 1. The van der Waals surface area contributed by atoms with Crippen molar-refractivity contribution in [3.63, 3.8) is 0 Å². The van der Waals surface area contributed by atoms with Crippen LogP contribution < -0.4 is 0 Å². The van der Waals surface area contributed by atoms with Crippen LogP contribution in [0.15, 0.2) is 32.7 Å². The van der Waals surface area contributed by atoms with E-state index in [2.05, 4.69) is 4.98 Å². The monoisotopic (exact) mass is 338 g/mol. The molecule has 2 aromatic rings. The Balaban J connectivity index is 1.93. The van der Waals surface area contributed by atoms with Crippen molar-refractivity contribution < 1.29 is 12.8 Å². The van der Waals surface area contributed by atoms with E-state index in [0.717, 1.165) is 21.9 Å². The Kier molecular flexibility index (Phi) is 3.96. The first-order chi connectivity index (χ1) is 10.4. The lowest BCUT2D eigenvalue weighted by Gasteiger charge is -2.27. The lowest BCUT2D eigenvalue weighted by molar-refractivity contribution is 0.431. The first-order valence-corrected chi connectivity index (χ1v) is 9.32. The van der Waals surface area contributed by atoms with Crippen LogP contribution in [0.4, 0.5) is 0 Å². The maximum Gasteiger partial charge on any atom is 0.270 e. The molecule has 7 heteroatoms. The second-order valence-corrected chi connectivity index (χ2v) is 8.76. The minimum absolute atomic E-state index is 0.181. The summed E-state index contributed by atoms with van der Waals surface area (Å²) >= 11 is 1.23. The molecule has 22 heavy (non-hydrogen) atoms. The van der Waals surface area contributed by atoms with Crippen molar-refractivity contribution in [2.45, 2.75) is 31.5 Å². The SMILES string of the molecule is CC1=C(c2ccco2)CN(S(=O)(=O)c2nc(C)c(C)s2)CC1. The molecule has 5 nitrogen and oxygen atoms in total. The van der Waals surface area contributed by atoms with Gasteiger partial charge in [-0.1, -0.05) is 5.57 Å². The van der Waals surface area contributed by atoms with Crippen LogP contribution in [-0.2, 0) is 10.0 Å². The van der Waals surface area contributed by atoms with Gasteiger partial charge in [-0.3, -0.25) is 0 Å². The molecule has 0 aliphatic carbocycles. The summed E-state index contributed by atoms with van der Waals surface area (Å²) in [7, 11) is -3.55. The molecule has 0 radical (unpaired) electrons. The summed E-state index contributed by atoms with van der Waals surface area (Å²) < 4.78 is 32.7. The third-order valence-electron chi connectivity index (χ3n) is 3.97. The van der Waals surface area contributed by atoms with E-state index < -0.39 is 10.0 Å². The Morgan fingerprint density at radius 1 is 1.32 bits per heavy atom. The van der Waals surface area contributed by atoms with Gasteiger partial charge in [0.05, 0.1) is 12.0 Å². The molecule has 0 aromatic carbocycles. The molecule has 0 unspecified atom stereocenters. The van der Waals surface area contributed by atoms with Gasteiger partial charge in [-0.25, -0.2) is 13.4 Å². The fourth-order valence-corrected chi connectivity index (χ4v) is 5.30. The van der Waals surface area contributed by atoms with E-state index in [1.165, 1.54) is 21.2 Å². The molecule has 0 spiro atoms. The topological polar surface area (TPSA) is 63.4 Å². The molecule has 1 aliphatic rings. The zero-order valence-corrected chi connectivity index (χ0v) is 14.4. The third kappa shape index (κ3) is 2.64. The summed E-state index contributed by atoms with van der Waals surface area (Å²) in [6.45, 7) is 6.56. The van der Waals surface area contributed by atoms with E-state index in [9.17, 15) is 8.42 Å². The highest BCUT2D eigenvalue weighted by molar-refractivity contribution is 7.91. The van der Waals surface area contributed by atoms with E-state index in [1.807, 2.05) is 32.9 Å². The van der Waals surface area contributed by atoms with Gasteiger partial charge in [-0.15, -0.1) is 11.3 Å². The normalized spacial score (nSPS) is 17.2. The van der Waals surface area contributed by atoms with E-state index in [0.29, 0.717) is 19.5 Å². The lowest BCUT2D eigenvalue weighted by atomic mass is 10.0. The number of sulfonamides is 1. The van der Waals surface area contributed by atoms with Crippen molar-refractivity contribution in [3.8, 4) is 0 Å². The second-order valence-electron chi connectivity index (χ2n) is 5.45. The van der Waals surface area contributed by atoms with Gasteiger partial charge in [0.2, 0.25) is 4.34 Å². The number of hydrogen-bond acceptors (Lipinski definition) is 5. The molecule has 0 bridgehead atoms. The largest absolute Gasteiger partial charge is 0.465 e. The van der Waals surface area contributed by atoms with Crippen LogP contribution in [0.1, 0.15) is 29.7 Å².